The number of piperidine rings is 1. The minimum Gasteiger partial charge on any atom is -0.497 e. The lowest BCUT2D eigenvalue weighted by molar-refractivity contribution is -0.142. The van der Waals surface area contributed by atoms with Gasteiger partial charge >= 0.3 is 0 Å². The Hall–Kier alpha value is -2.93. The molecule has 2 aliphatic heterocycles. The number of hydrogen-bond donors (Lipinski definition) is 0. The van der Waals surface area contributed by atoms with E-state index in [0.29, 0.717) is 32.6 Å². The van der Waals surface area contributed by atoms with Crippen molar-refractivity contribution in [2.75, 3.05) is 33.4 Å². The van der Waals surface area contributed by atoms with Gasteiger partial charge in [0.15, 0.2) is 5.65 Å². The molecule has 7 heteroatoms. The van der Waals surface area contributed by atoms with Gasteiger partial charge in [0.05, 0.1) is 12.5 Å². The number of ether oxygens (including phenoxy) is 2. The van der Waals surface area contributed by atoms with Crippen molar-refractivity contribution in [1.29, 1.82) is 0 Å². The van der Waals surface area contributed by atoms with Crippen molar-refractivity contribution in [1.82, 2.24) is 19.5 Å². The third kappa shape index (κ3) is 3.57. The molecule has 1 atom stereocenters. The Labute approximate surface area is 182 Å². The molecule has 0 bridgehead atoms. The maximum absolute atomic E-state index is 14.0. The molecule has 4 heterocycles. The average molecular weight is 421 g/mol. The molecule has 5 rings (SSSR count). The lowest BCUT2D eigenvalue weighted by Crippen LogP contribution is -2.52. The van der Waals surface area contributed by atoms with Crippen molar-refractivity contribution in [2.45, 2.75) is 37.0 Å². The molecule has 3 aromatic rings. The fourth-order valence-electron chi connectivity index (χ4n) is 5.07. The second-order valence-corrected chi connectivity index (χ2v) is 8.50. The molecule has 162 valence electrons. The van der Waals surface area contributed by atoms with Crippen LogP contribution in [0.25, 0.3) is 5.65 Å². The lowest BCUT2D eigenvalue weighted by atomic mass is 9.72. The Morgan fingerprint density at radius 1 is 1.13 bits per heavy atom. The van der Waals surface area contributed by atoms with E-state index in [9.17, 15) is 4.79 Å². The monoisotopic (exact) mass is 420 g/mol. The van der Waals surface area contributed by atoms with E-state index in [4.69, 9.17) is 9.47 Å². The van der Waals surface area contributed by atoms with Crippen molar-refractivity contribution in [2.24, 2.45) is 0 Å². The molecule has 0 N–H and O–H groups in total. The summed E-state index contributed by atoms with van der Waals surface area (Å²) >= 11 is 0. The van der Waals surface area contributed by atoms with Crippen LogP contribution in [0.15, 0.2) is 48.7 Å². The van der Waals surface area contributed by atoms with Gasteiger partial charge in [-0.25, -0.2) is 0 Å². The van der Waals surface area contributed by atoms with Gasteiger partial charge in [-0.15, -0.1) is 10.2 Å². The Morgan fingerprint density at radius 3 is 2.71 bits per heavy atom. The average Bonchev–Trinajstić information content (AvgIpc) is 3.28. The van der Waals surface area contributed by atoms with Gasteiger partial charge < -0.3 is 14.4 Å². The SMILES string of the molecule is COc1ccc(C2(C(=O)N3CCCC(c4nnc5ccccn45)C3)CCOCC2)cc1. The van der Waals surface area contributed by atoms with Crippen LogP contribution < -0.4 is 4.74 Å². The Morgan fingerprint density at radius 2 is 1.94 bits per heavy atom. The highest BCUT2D eigenvalue weighted by molar-refractivity contribution is 5.88. The van der Waals surface area contributed by atoms with Gasteiger partial charge in [0, 0.05) is 38.4 Å². The van der Waals surface area contributed by atoms with Crippen LogP contribution in [0.3, 0.4) is 0 Å². The third-order valence-corrected chi connectivity index (χ3v) is 6.81. The lowest BCUT2D eigenvalue weighted by Gasteiger charge is -2.42. The smallest absolute Gasteiger partial charge is 0.233 e. The van der Waals surface area contributed by atoms with Gasteiger partial charge in [0.2, 0.25) is 5.91 Å². The van der Waals surface area contributed by atoms with Crippen molar-refractivity contribution in [3.8, 4) is 5.75 Å². The number of fused-ring (bicyclic) bond motifs is 1. The summed E-state index contributed by atoms with van der Waals surface area (Å²) < 4.78 is 13.0. The van der Waals surface area contributed by atoms with Gasteiger partial charge in [-0.05, 0) is 55.5 Å². The van der Waals surface area contributed by atoms with Crippen molar-refractivity contribution < 1.29 is 14.3 Å². The largest absolute Gasteiger partial charge is 0.497 e. The number of rotatable bonds is 4. The first kappa shape index (κ1) is 20.0. The molecule has 0 saturated carbocycles. The second kappa shape index (κ2) is 8.30. The minimum atomic E-state index is -0.542. The topological polar surface area (TPSA) is 69.0 Å². The molecule has 1 unspecified atom stereocenters. The van der Waals surface area contributed by atoms with Crippen LogP contribution in [0.5, 0.6) is 5.75 Å². The maximum Gasteiger partial charge on any atom is 0.233 e. The second-order valence-electron chi connectivity index (χ2n) is 8.50. The summed E-state index contributed by atoms with van der Waals surface area (Å²) in [5.74, 6) is 2.14. The van der Waals surface area contributed by atoms with E-state index < -0.39 is 5.41 Å². The highest BCUT2D eigenvalue weighted by Crippen LogP contribution is 2.39. The molecular weight excluding hydrogens is 392 g/mol. The van der Waals surface area contributed by atoms with E-state index in [1.165, 1.54) is 0 Å². The highest BCUT2D eigenvalue weighted by Gasteiger charge is 2.45. The van der Waals surface area contributed by atoms with Crippen LogP contribution in [0.2, 0.25) is 0 Å². The molecule has 1 amide bonds. The molecule has 2 saturated heterocycles. The van der Waals surface area contributed by atoms with E-state index in [-0.39, 0.29) is 11.8 Å². The van der Waals surface area contributed by atoms with Crippen molar-refractivity contribution in [3.05, 3.63) is 60.0 Å². The van der Waals surface area contributed by atoms with E-state index in [2.05, 4.69) is 10.2 Å². The fraction of sp³-hybridized carbons (Fsp3) is 0.458. The number of nitrogens with zero attached hydrogens (tertiary/aromatic N) is 4. The summed E-state index contributed by atoms with van der Waals surface area (Å²) in [6.07, 6.45) is 5.38. The number of carbonyl (C=O) groups excluding carboxylic acids is 1. The predicted octanol–water partition coefficient (Wildman–Crippen LogP) is 3.19. The van der Waals surface area contributed by atoms with E-state index in [0.717, 1.165) is 42.2 Å². The van der Waals surface area contributed by atoms with Crippen molar-refractivity contribution in [3.63, 3.8) is 0 Å². The molecule has 2 aliphatic rings. The zero-order valence-electron chi connectivity index (χ0n) is 17.9. The number of pyridine rings is 1. The first-order valence-electron chi connectivity index (χ1n) is 11.0. The predicted molar refractivity (Wildman–Crippen MR) is 116 cm³/mol. The number of likely N-dealkylation sites (tertiary alicyclic amines) is 1. The fourth-order valence-corrected chi connectivity index (χ4v) is 5.07. The molecule has 1 aromatic carbocycles. The Kier molecular flexibility index (Phi) is 5.36. The van der Waals surface area contributed by atoms with E-state index >= 15 is 0 Å². The Balaban J connectivity index is 1.43. The third-order valence-electron chi connectivity index (χ3n) is 6.81. The van der Waals surface area contributed by atoms with Gasteiger partial charge in [-0.2, -0.15) is 0 Å². The van der Waals surface area contributed by atoms with Crippen LogP contribution in [0.1, 0.15) is 43.0 Å². The maximum atomic E-state index is 14.0. The molecule has 2 fully saturated rings. The molecule has 31 heavy (non-hydrogen) atoms. The summed E-state index contributed by atoms with van der Waals surface area (Å²) in [6, 6.07) is 13.9. The summed E-state index contributed by atoms with van der Waals surface area (Å²) in [5, 5.41) is 8.77. The number of carbonyl (C=O) groups is 1. The zero-order valence-corrected chi connectivity index (χ0v) is 17.9. The van der Waals surface area contributed by atoms with E-state index in [1.807, 2.05) is 58.0 Å². The standard InChI is InChI=1S/C24H28N4O3/c1-30-20-9-7-19(8-10-20)24(11-15-31-16-12-24)23(29)27-13-4-5-18(17-27)22-26-25-21-6-2-3-14-28(21)22/h2-3,6-10,14,18H,4-5,11-13,15-17H2,1H3. The van der Waals surface area contributed by atoms with Gasteiger partial charge in [0.25, 0.3) is 0 Å². The number of hydrogen-bond acceptors (Lipinski definition) is 5. The van der Waals surface area contributed by atoms with Crippen molar-refractivity contribution >= 4 is 11.6 Å². The zero-order chi connectivity index (χ0) is 21.3. The van der Waals surface area contributed by atoms with Gasteiger partial charge in [-0.1, -0.05) is 18.2 Å². The van der Waals surface area contributed by atoms with Gasteiger partial charge in [-0.3, -0.25) is 9.20 Å². The van der Waals surface area contributed by atoms with Gasteiger partial charge in [0.1, 0.15) is 11.6 Å². The quantitative estimate of drug-likeness (QED) is 0.648. The Bertz CT molecular complexity index is 1060. The number of methoxy groups -OCH3 is 1. The molecule has 7 nitrogen and oxygen atoms in total. The molecule has 0 spiro atoms. The summed E-state index contributed by atoms with van der Waals surface area (Å²) in [7, 11) is 1.66. The van der Waals surface area contributed by atoms with Crippen LogP contribution in [0, 0.1) is 0 Å². The van der Waals surface area contributed by atoms with Crippen LogP contribution in [-0.2, 0) is 14.9 Å². The molecule has 2 aromatic heterocycles. The van der Waals surface area contributed by atoms with Crippen LogP contribution >= 0.6 is 0 Å². The summed E-state index contributed by atoms with van der Waals surface area (Å²) in [5.41, 5.74) is 1.36. The normalized spacial score (nSPS) is 21.2. The molecule has 0 radical (unpaired) electrons. The number of aromatic nitrogens is 3. The highest BCUT2D eigenvalue weighted by atomic mass is 16.5. The first-order chi connectivity index (χ1) is 15.2. The number of benzene rings is 1. The number of amides is 1. The van der Waals surface area contributed by atoms with Crippen LogP contribution in [0.4, 0.5) is 0 Å². The van der Waals surface area contributed by atoms with E-state index in [1.54, 1.807) is 7.11 Å². The first-order valence-corrected chi connectivity index (χ1v) is 11.0. The molecular formula is C24H28N4O3. The van der Waals surface area contributed by atoms with Crippen LogP contribution in [-0.4, -0.2) is 58.8 Å². The minimum absolute atomic E-state index is 0.183. The summed E-state index contributed by atoms with van der Waals surface area (Å²) in [6.45, 7) is 2.66. The summed E-state index contributed by atoms with van der Waals surface area (Å²) in [4.78, 5) is 16.1. The molecule has 0 aliphatic carbocycles.